The molecule has 1 aromatic heterocycles. The van der Waals surface area contributed by atoms with Crippen molar-refractivity contribution >= 4 is 0 Å². The molecule has 4 N–H and O–H groups in total. The van der Waals surface area contributed by atoms with Crippen molar-refractivity contribution in [2.75, 3.05) is 33.2 Å². The van der Waals surface area contributed by atoms with E-state index in [1.165, 1.54) is 9.80 Å². The Bertz CT molecular complexity index is 464. The minimum absolute atomic E-state index is 0.201. The van der Waals surface area contributed by atoms with Crippen LogP contribution in [0.15, 0.2) is 15.3 Å². The highest BCUT2D eigenvalue weighted by molar-refractivity contribution is 5.24. The van der Waals surface area contributed by atoms with Gasteiger partial charge in [-0.15, -0.1) is 0 Å². The maximum absolute atomic E-state index is 11.5. The van der Waals surface area contributed by atoms with E-state index in [0.29, 0.717) is 6.54 Å². The summed E-state index contributed by atoms with van der Waals surface area (Å²) in [6.45, 7) is 4.27. The lowest BCUT2D eigenvalue weighted by Gasteiger charge is -2.26. The number of hydrogen-bond donors (Lipinski definition) is 4. The van der Waals surface area contributed by atoms with Gasteiger partial charge in [0.2, 0.25) is 16.9 Å². The second kappa shape index (κ2) is 5.51. The largest absolute Gasteiger partial charge is 0.502 e. The fourth-order valence-corrected chi connectivity index (χ4v) is 2.22. The Morgan fingerprint density at radius 2 is 2.00 bits per heavy atom. The van der Waals surface area contributed by atoms with E-state index in [4.69, 9.17) is 9.52 Å². The van der Waals surface area contributed by atoms with E-state index in [9.17, 15) is 9.90 Å². The SMILES string of the molecule is C[NH+]1CC[NH+](Cc2oc(CO)cc(=O)c2O)CC1. The number of aliphatic hydroxyl groups is 1. The maximum atomic E-state index is 11.5. The predicted molar refractivity (Wildman–Crippen MR) is 63.6 cm³/mol. The van der Waals surface area contributed by atoms with E-state index in [1.807, 2.05) is 0 Å². The molecule has 0 unspecified atom stereocenters. The molecule has 100 valence electrons. The molecular weight excluding hydrogens is 236 g/mol. The summed E-state index contributed by atoms with van der Waals surface area (Å²) >= 11 is 0. The molecule has 1 aliphatic rings. The van der Waals surface area contributed by atoms with Crippen molar-refractivity contribution in [1.82, 2.24) is 0 Å². The lowest BCUT2D eigenvalue weighted by molar-refractivity contribution is -1.01. The summed E-state index contributed by atoms with van der Waals surface area (Å²) in [4.78, 5) is 14.3. The molecule has 0 saturated carbocycles. The van der Waals surface area contributed by atoms with Crippen LogP contribution in [0.2, 0.25) is 0 Å². The van der Waals surface area contributed by atoms with Gasteiger partial charge >= 0.3 is 0 Å². The molecule has 6 heteroatoms. The van der Waals surface area contributed by atoms with Crippen molar-refractivity contribution in [2.45, 2.75) is 13.2 Å². The van der Waals surface area contributed by atoms with Crippen molar-refractivity contribution in [3.63, 3.8) is 0 Å². The summed E-state index contributed by atoms with van der Waals surface area (Å²) < 4.78 is 5.34. The fourth-order valence-electron chi connectivity index (χ4n) is 2.22. The molecule has 1 saturated heterocycles. The molecule has 2 rings (SSSR count). The fraction of sp³-hybridized carbons (Fsp3) is 0.583. The van der Waals surface area contributed by atoms with Gasteiger partial charge < -0.3 is 24.4 Å². The van der Waals surface area contributed by atoms with Crippen LogP contribution in [0.1, 0.15) is 11.5 Å². The van der Waals surface area contributed by atoms with Gasteiger partial charge in [0.05, 0.1) is 7.05 Å². The summed E-state index contributed by atoms with van der Waals surface area (Å²) in [7, 11) is 2.15. The molecule has 0 bridgehead atoms. The number of rotatable bonds is 3. The van der Waals surface area contributed by atoms with Gasteiger partial charge in [0.1, 0.15) is 45.1 Å². The van der Waals surface area contributed by atoms with Gasteiger partial charge in [0.25, 0.3) is 0 Å². The molecule has 1 aromatic rings. The number of quaternary nitrogens is 2. The molecule has 1 fully saturated rings. The topological polar surface area (TPSA) is 79.5 Å². The number of likely N-dealkylation sites (N-methyl/N-ethyl adjacent to an activating group) is 1. The first-order chi connectivity index (χ1) is 8.60. The lowest BCUT2D eigenvalue weighted by Crippen LogP contribution is -3.26. The van der Waals surface area contributed by atoms with Crippen LogP contribution in [0.3, 0.4) is 0 Å². The van der Waals surface area contributed by atoms with Gasteiger partial charge in [-0.25, -0.2) is 0 Å². The smallest absolute Gasteiger partial charge is 0.227 e. The second-order valence-corrected chi connectivity index (χ2v) is 4.89. The molecule has 6 nitrogen and oxygen atoms in total. The molecule has 2 heterocycles. The van der Waals surface area contributed by atoms with Crippen LogP contribution in [-0.2, 0) is 13.2 Å². The van der Waals surface area contributed by atoms with Gasteiger partial charge in [-0.1, -0.05) is 0 Å². The summed E-state index contributed by atoms with van der Waals surface area (Å²) in [5.41, 5.74) is -0.487. The highest BCUT2D eigenvalue weighted by Gasteiger charge is 2.23. The van der Waals surface area contributed by atoms with Gasteiger partial charge in [0.15, 0.2) is 0 Å². The Morgan fingerprint density at radius 1 is 1.33 bits per heavy atom. The molecule has 0 radical (unpaired) electrons. The summed E-state index contributed by atoms with van der Waals surface area (Å²) in [6.07, 6.45) is 0. The van der Waals surface area contributed by atoms with Gasteiger partial charge in [0, 0.05) is 6.07 Å². The Kier molecular flexibility index (Phi) is 4.00. The number of hydrogen-bond acceptors (Lipinski definition) is 4. The average molecular weight is 256 g/mol. The Hall–Kier alpha value is -1.37. The van der Waals surface area contributed by atoms with E-state index in [0.717, 1.165) is 32.2 Å². The Labute approximate surface area is 105 Å². The van der Waals surface area contributed by atoms with E-state index >= 15 is 0 Å². The van der Waals surface area contributed by atoms with Gasteiger partial charge in [-0.3, -0.25) is 4.79 Å². The number of aromatic hydroxyl groups is 1. The lowest BCUT2D eigenvalue weighted by atomic mass is 10.2. The summed E-state index contributed by atoms with van der Waals surface area (Å²) in [5, 5.41) is 18.7. The number of aliphatic hydroxyl groups excluding tert-OH is 1. The van der Waals surface area contributed by atoms with Crippen molar-refractivity contribution in [3.8, 4) is 5.75 Å². The molecule has 0 amide bonds. The molecule has 1 aliphatic heterocycles. The van der Waals surface area contributed by atoms with Gasteiger partial charge in [-0.05, 0) is 0 Å². The van der Waals surface area contributed by atoms with E-state index in [1.54, 1.807) is 0 Å². The van der Waals surface area contributed by atoms with Crippen LogP contribution in [0.4, 0.5) is 0 Å². The summed E-state index contributed by atoms with van der Waals surface area (Å²) in [5.74, 6) is 0.152. The predicted octanol–water partition coefficient (Wildman–Crippen LogP) is -3.25. The highest BCUT2D eigenvalue weighted by atomic mass is 16.4. The van der Waals surface area contributed by atoms with Crippen LogP contribution in [-0.4, -0.2) is 43.4 Å². The van der Waals surface area contributed by atoms with Crippen LogP contribution in [0, 0.1) is 0 Å². The van der Waals surface area contributed by atoms with E-state index < -0.39 is 5.43 Å². The first-order valence-electron chi connectivity index (χ1n) is 6.20. The zero-order valence-corrected chi connectivity index (χ0v) is 10.5. The van der Waals surface area contributed by atoms with Crippen LogP contribution < -0.4 is 15.2 Å². The maximum Gasteiger partial charge on any atom is 0.227 e. The second-order valence-electron chi connectivity index (χ2n) is 4.89. The molecule has 0 spiro atoms. The summed E-state index contributed by atoms with van der Waals surface area (Å²) in [6, 6.07) is 1.13. The number of piperazine rings is 1. The minimum atomic E-state index is -0.487. The van der Waals surface area contributed by atoms with Crippen LogP contribution in [0.5, 0.6) is 5.75 Å². The average Bonchev–Trinajstić information content (AvgIpc) is 2.37. The van der Waals surface area contributed by atoms with Gasteiger partial charge in [-0.2, -0.15) is 0 Å². The molecule has 0 aromatic carbocycles. The monoisotopic (exact) mass is 256 g/mol. The number of nitrogens with one attached hydrogen (secondary N) is 2. The third-order valence-electron chi connectivity index (χ3n) is 3.42. The third-order valence-corrected chi connectivity index (χ3v) is 3.42. The van der Waals surface area contributed by atoms with Crippen molar-refractivity contribution in [1.29, 1.82) is 0 Å². The third kappa shape index (κ3) is 2.90. The van der Waals surface area contributed by atoms with Crippen molar-refractivity contribution in [3.05, 3.63) is 27.8 Å². The van der Waals surface area contributed by atoms with Crippen molar-refractivity contribution < 1.29 is 24.4 Å². The van der Waals surface area contributed by atoms with Crippen LogP contribution in [0.25, 0.3) is 0 Å². The Morgan fingerprint density at radius 3 is 2.61 bits per heavy atom. The Balaban J connectivity index is 2.13. The van der Waals surface area contributed by atoms with Crippen LogP contribution >= 0.6 is 0 Å². The normalized spacial score (nSPS) is 24.1. The zero-order valence-electron chi connectivity index (χ0n) is 10.5. The molecule has 18 heavy (non-hydrogen) atoms. The highest BCUT2D eigenvalue weighted by Crippen LogP contribution is 2.12. The molecule has 0 atom stereocenters. The standard InChI is InChI=1S/C12H18N2O4/c1-13-2-4-14(5-3-13)7-11-12(17)10(16)6-9(8-15)18-11/h6,15,17H,2-5,7-8H2,1H3/p+2. The molecular formula is C12H20N2O4+2. The first-order valence-corrected chi connectivity index (χ1v) is 6.20. The van der Waals surface area contributed by atoms with E-state index in [2.05, 4.69) is 7.05 Å². The first kappa shape index (κ1) is 13.1. The quantitative estimate of drug-likeness (QED) is 0.458. The zero-order chi connectivity index (χ0) is 13.1. The molecule has 0 aliphatic carbocycles. The van der Waals surface area contributed by atoms with Crippen molar-refractivity contribution in [2.24, 2.45) is 0 Å². The van der Waals surface area contributed by atoms with E-state index in [-0.39, 0.29) is 23.9 Å². The minimum Gasteiger partial charge on any atom is -0.502 e.